The van der Waals surface area contributed by atoms with Crippen molar-refractivity contribution in [2.75, 3.05) is 0 Å². The van der Waals surface area contributed by atoms with E-state index in [0.29, 0.717) is 0 Å². The van der Waals surface area contributed by atoms with E-state index in [9.17, 15) is 9.59 Å². The first-order valence-corrected chi connectivity index (χ1v) is 13.3. The van der Waals surface area contributed by atoms with E-state index >= 15 is 0 Å². The molecule has 0 fully saturated rings. The number of cyclic esters (lactones) is 2. The van der Waals surface area contributed by atoms with Crippen LogP contribution in [-0.4, -0.2) is 56.7 Å². The van der Waals surface area contributed by atoms with Gasteiger partial charge in [0.15, 0.2) is 0 Å². The average Bonchev–Trinajstić information content (AvgIpc) is 3.08. The first-order chi connectivity index (χ1) is 12.7. The second-order valence-electron chi connectivity index (χ2n) is 5.42. The Balaban J connectivity index is 0.000000373. The number of rotatable bonds is 3. The van der Waals surface area contributed by atoms with Gasteiger partial charge in [0.05, 0.1) is 0 Å². The van der Waals surface area contributed by atoms with Crippen molar-refractivity contribution in [2.24, 2.45) is 0 Å². The maximum absolute atomic E-state index is 9.92. The summed E-state index contributed by atoms with van der Waals surface area (Å²) in [4.78, 5) is 19.8. The van der Waals surface area contributed by atoms with Crippen molar-refractivity contribution in [3.05, 3.63) is 103 Å². The third-order valence-electron chi connectivity index (χ3n) is 3.60. The molecular weight excluding hydrogens is 562 g/mol. The number of ether oxygens (including phenoxy) is 1. The van der Waals surface area contributed by atoms with E-state index < -0.39 is 33.7 Å². The third kappa shape index (κ3) is 6.95. The third-order valence-corrected chi connectivity index (χ3v) is 13.1. The zero-order valence-electron chi connectivity index (χ0n) is 15.1. The Labute approximate surface area is 188 Å². The Hall–Kier alpha value is -1.85. The molecule has 0 amide bonds. The number of carbonyl (C=O) groups is 2. The van der Waals surface area contributed by atoms with Crippen LogP contribution < -0.4 is 9.81 Å². The van der Waals surface area contributed by atoms with Crippen LogP contribution in [0.1, 0.15) is 0 Å². The van der Waals surface area contributed by atoms with E-state index in [-0.39, 0.29) is 28.5 Å². The summed E-state index contributed by atoms with van der Waals surface area (Å²) >= 11 is -2.06. The van der Waals surface area contributed by atoms with Crippen molar-refractivity contribution < 1.29 is 19.8 Å². The Morgan fingerprint density at radius 2 is 0.821 bits per heavy atom. The zero-order chi connectivity index (χ0) is 18.2. The summed E-state index contributed by atoms with van der Waals surface area (Å²) in [5.41, 5.74) is 0. The van der Waals surface area contributed by atoms with Gasteiger partial charge in [-0.2, -0.15) is 0 Å². The Kier molecular flexibility index (Phi) is 10.9. The molecule has 0 radical (unpaired) electrons. The van der Waals surface area contributed by atoms with Gasteiger partial charge in [-0.3, -0.25) is 0 Å². The molecule has 6 heteroatoms. The van der Waals surface area contributed by atoms with Crippen LogP contribution in [0.4, 0.5) is 0 Å². The maximum atomic E-state index is 9.92. The predicted molar refractivity (Wildman–Crippen MR) is 111 cm³/mol. The molecule has 0 unspecified atom stereocenters. The molecule has 0 aliphatic carbocycles. The fourth-order valence-electron chi connectivity index (χ4n) is 2.48. The summed E-state index contributed by atoms with van der Waals surface area (Å²) in [7, 11) is 0. The minimum atomic E-state index is -2.06. The van der Waals surface area contributed by atoms with Crippen molar-refractivity contribution >= 4 is 66.6 Å². The SMILES string of the molecule is O=C1C=CC(=O)O1.[Mg+2].[O-2].c1cc[c]([Bi]([c]2ccccc2)[c]2ccccc2)cc1. The van der Waals surface area contributed by atoms with E-state index in [4.69, 9.17) is 0 Å². The molecule has 136 valence electrons. The van der Waals surface area contributed by atoms with Crippen LogP contribution in [0.15, 0.2) is 103 Å². The summed E-state index contributed by atoms with van der Waals surface area (Å²) < 4.78 is 8.58. The summed E-state index contributed by atoms with van der Waals surface area (Å²) in [6.45, 7) is 0. The van der Waals surface area contributed by atoms with Crippen molar-refractivity contribution in [1.82, 2.24) is 0 Å². The number of hydrogen-bond acceptors (Lipinski definition) is 3. The second kappa shape index (κ2) is 12.6. The standard InChI is InChI=1S/3C6H5.C4H2O3.Bi.Mg.O/c3*1-2-4-6-5-3-1;5-3-1-2-4(6)7-3;;;/h3*1-5H;1-2H;;;/q;;;;;+2;-2. The van der Waals surface area contributed by atoms with Gasteiger partial charge in [0.2, 0.25) is 0 Å². The van der Waals surface area contributed by atoms with Gasteiger partial charge in [-0.25, -0.2) is 9.59 Å². The molecule has 0 bridgehead atoms. The molecule has 1 heterocycles. The molecule has 0 saturated carbocycles. The summed E-state index contributed by atoms with van der Waals surface area (Å²) in [6, 6.07) is 33.0. The van der Waals surface area contributed by atoms with Crippen LogP contribution in [0.2, 0.25) is 0 Å². The van der Waals surface area contributed by atoms with E-state index in [0.717, 1.165) is 12.2 Å². The summed E-state index contributed by atoms with van der Waals surface area (Å²) in [5, 5.41) is 0. The summed E-state index contributed by atoms with van der Waals surface area (Å²) in [6.07, 6.45) is 2.17. The van der Waals surface area contributed by atoms with Crippen LogP contribution in [0.25, 0.3) is 0 Å². The Morgan fingerprint density at radius 3 is 1.04 bits per heavy atom. The summed E-state index contributed by atoms with van der Waals surface area (Å²) in [5.74, 6) is -1.16. The number of hydrogen-bond donors (Lipinski definition) is 0. The molecule has 3 aromatic rings. The van der Waals surface area contributed by atoms with Crippen LogP contribution in [-0.2, 0) is 19.8 Å². The number of carbonyl (C=O) groups excluding carboxylic acids is 2. The molecule has 1 aliphatic heterocycles. The van der Waals surface area contributed by atoms with Crippen molar-refractivity contribution in [3.63, 3.8) is 0 Å². The fourth-order valence-corrected chi connectivity index (χ4v) is 11.4. The van der Waals surface area contributed by atoms with Crippen molar-refractivity contribution in [1.29, 1.82) is 0 Å². The van der Waals surface area contributed by atoms with Crippen molar-refractivity contribution in [3.8, 4) is 0 Å². The second-order valence-corrected chi connectivity index (χ2v) is 14.0. The molecule has 3 aromatic carbocycles. The van der Waals surface area contributed by atoms with E-state index in [2.05, 4.69) is 95.7 Å². The van der Waals surface area contributed by atoms with Crippen LogP contribution in [0.3, 0.4) is 0 Å². The number of esters is 2. The molecule has 0 N–H and O–H groups in total. The first kappa shape index (κ1) is 24.2. The molecule has 4 rings (SSSR count). The van der Waals surface area contributed by atoms with E-state index in [1.54, 1.807) is 0 Å². The van der Waals surface area contributed by atoms with Crippen LogP contribution >= 0.6 is 0 Å². The van der Waals surface area contributed by atoms with Crippen molar-refractivity contribution in [2.45, 2.75) is 0 Å². The Bertz CT molecular complexity index is 790. The minimum absolute atomic E-state index is 0. The quantitative estimate of drug-likeness (QED) is 0.268. The van der Waals surface area contributed by atoms with Crippen LogP contribution in [0.5, 0.6) is 0 Å². The van der Waals surface area contributed by atoms with E-state index in [1.165, 1.54) is 9.81 Å². The molecular formula is C22H17BiMgO4. The van der Waals surface area contributed by atoms with Crippen LogP contribution in [0, 0.1) is 0 Å². The molecule has 0 atom stereocenters. The first-order valence-electron chi connectivity index (χ1n) is 8.13. The predicted octanol–water partition coefficient (Wildman–Crippen LogP) is 1.33. The molecule has 0 aromatic heterocycles. The fraction of sp³-hybridized carbons (Fsp3) is 0. The average molecular weight is 579 g/mol. The van der Waals surface area contributed by atoms with Gasteiger partial charge in [-0.1, -0.05) is 0 Å². The van der Waals surface area contributed by atoms with Gasteiger partial charge in [-0.05, 0) is 0 Å². The Morgan fingerprint density at radius 1 is 0.536 bits per heavy atom. The number of benzene rings is 3. The topological polar surface area (TPSA) is 71.9 Å². The van der Waals surface area contributed by atoms with Gasteiger partial charge >= 0.3 is 158 Å². The molecule has 4 nitrogen and oxygen atoms in total. The van der Waals surface area contributed by atoms with Gasteiger partial charge in [0, 0.05) is 12.2 Å². The molecule has 28 heavy (non-hydrogen) atoms. The van der Waals surface area contributed by atoms with Gasteiger partial charge in [0.1, 0.15) is 0 Å². The zero-order valence-corrected chi connectivity index (χ0v) is 20.0. The molecule has 0 saturated heterocycles. The van der Waals surface area contributed by atoms with E-state index in [1.807, 2.05) is 0 Å². The molecule has 1 aliphatic rings. The molecule has 0 spiro atoms. The monoisotopic (exact) mass is 578 g/mol. The van der Waals surface area contributed by atoms with Gasteiger partial charge in [0.25, 0.3) is 0 Å². The van der Waals surface area contributed by atoms with Gasteiger partial charge < -0.3 is 10.2 Å². The normalized spacial score (nSPS) is 11.6. The van der Waals surface area contributed by atoms with Gasteiger partial charge in [-0.15, -0.1) is 0 Å².